The fourth-order valence-electron chi connectivity index (χ4n) is 1.22. The Morgan fingerprint density at radius 2 is 2.43 bits per heavy atom. The van der Waals surface area contributed by atoms with Gasteiger partial charge in [0.25, 0.3) is 0 Å². The quantitative estimate of drug-likeness (QED) is 0.691. The van der Waals surface area contributed by atoms with E-state index in [2.05, 4.69) is 10.1 Å². The van der Waals surface area contributed by atoms with Crippen LogP contribution in [0.2, 0.25) is 0 Å². The Labute approximate surface area is 79.5 Å². The number of rotatable bonds is 1. The minimum Gasteiger partial charge on any atom is -0.495 e. The van der Waals surface area contributed by atoms with E-state index >= 15 is 0 Å². The van der Waals surface area contributed by atoms with Crippen molar-refractivity contribution < 1.29 is 4.74 Å². The molecule has 0 spiro atoms. The predicted molar refractivity (Wildman–Crippen MR) is 48.7 cm³/mol. The zero-order valence-corrected chi connectivity index (χ0v) is 7.43. The molecule has 2 rings (SSSR count). The van der Waals surface area contributed by atoms with Gasteiger partial charge in [-0.25, -0.2) is 4.52 Å². The molecule has 0 amide bonds. The molecule has 0 saturated heterocycles. The first-order chi connectivity index (χ1) is 6.76. The summed E-state index contributed by atoms with van der Waals surface area (Å²) in [5, 5.41) is 12.8. The molecule has 0 radical (unpaired) electrons. The fraction of sp³-hybridized carbons (Fsp3) is 0.125. The van der Waals surface area contributed by atoms with Crippen molar-refractivity contribution >= 4 is 11.6 Å². The van der Waals surface area contributed by atoms with Crippen molar-refractivity contribution in [3.63, 3.8) is 0 Å². The minimum atomic E-state index is 0.134. The SMILES string of the molecule is COc1ccn2nc(N)nc2c1C#N. The van der Waals surface area contributed by atoms with Gasteiger partial charge in [0.2, 0.25) is 5.95 Å². The molecule has 0 unspecified atom stereocenters. The second kappa shape index (κ2) is 2.88. The van der Waals surface area contributed by atoms with E-state index in [-0.39, 0.29) is 5.95 Å². The molecule has 0 bridgehead atoms. The number of methoxy groups -OCH3 is 1. The number of hydrogen-bond acceptors (Lipinski definition) is 5. The second-order valence-electron chi connectivity index (χ2n) is 2.61. The molecule has 6 nitrogen and oxygen atoms in total. The van der Waals surface area contributed by atoms with Gasteiger partial charge in [-0.1, -0.05) is 0 Å². The van der Waals surface area contributed by atoms with Crippen LogP contribution in [0.4, 0.5) is 5.95 Å². The number of nitrogen functional groups attached to an aromatic ring is 1. The van der Waals surface area contributed by atoms with Gasteiger partial charge in [0.15, 0.2) is 5.65 Å². The molecule has 0 aromatic carbocycles. The predicted octanol–water partition coefficient (Wildman–Crippen LogP) is 0.192. The summed E-state index contributed by atoms with van der Waals surface area (Å²) in [5.41, 5.74) is 6.15. The molecule has 2 heterocycles. The number of anilines is 1. The van der Waals surface area contributed by atoms with E-state index in [1.807, 2.05) is 6.07 Å². The average molecular weight is 189 g/mol. The Morgan fingerprint density at radius 3 is 3.07 bits per heavy atom. The maximum atomic E-state index is 8.90. The maximum absolute atomic E-state index is 8.90. The van der Waals surface area contributed by atoms with Crippen LogP contribution in [0.5, 0.6) is 5.75 Å². The van der Waals surface area contributed by atoms with E-state index in [1.54, 1.807) is 12.3 Å². The van der Waals surface area contributed by atoms with E-state index in [0.29, 0.717) is 17.0 Å². The van der Waals surface area contributed by atoms with E-state index in [0.717, 1.165) is 0 Å². The highest BCUT2D eigenvalue weighted by Gasteiger charge is 2.11. The highest BCUT2D eigenvalue weighted by Crippen LogP contribution is 2.20. The van der Waals surface area contributed by atoms with Crippen molar-refractivity contribution in [1.29, 1.82) is 5.26 Å². The molecule has 70 valence electrons. The van der Waals surface area contributed by atoms with Crippen molar-refractivity contribution in [3.8, 4) is 11.8 Å². The van der Waals surface area contributed by atoms with Gasteiger partial charge in [-0.05, 0) is 0 Å². The zero-order valence-electron chi connectivity index (χ0n) is 7.43. The van der Waals surface area contributed by atoms with E-state index < -0.39 is 0 Å². The smallest absolute Gasteiger partial charge is 0.240 e. The highest BCUT2D eigenvalue weighted by molar-refractivity contribution is 5.62. The van der Waals surface area contributed by atoms with Crippen molar-refractivity contribution in [2.75, 3.05) is 12.8 Å². The molecular formula is C8H7N5O. The summed E-state index contributed by atoms with van der Waals surface area (Å²) in [6, 6.07) is 3.64. The first kappa shape index (κ1) is 8.31. The number of hydrogen-bond donors (Lipinski definition) is 1. The third-order valence-electron chi connectivity index (χ3n) is 1.82. The Morgan fingerprint density at radius 1 is 1.64 bits per heavy atom. The van der Waals surface area contributed by atoms with Crippen LogP contribution in [-0.2, 0) is 0 Å². The van der Waals surface area contributed by atoms with Crippen LogP contribution in [0, 0.1) is 11.3 Å². The largest absolute Gasteiger partial charge is 0.495 e. The summed E-state index contributed by atoms with van der Waals surface area (Å²) >= 11 is 0. The lowest BCUT2D eigenvalue weighted by Crippen LogP contribution is -1.94. The van der Waals surface area contributed by atoms with Crippen LogP contribution in [0.15, 0.2) is 12.3 Å². The van der Waals surface area contributed by atoms with Gasteiger partial charge in [0, 0.05) is 12.3 Å². The first-order valence-electron chi connectivity index (χ1n) is 3.85. The molecule has 6 heteroatoms. The molecule has 0 aliphatic carbocycles. The molecule has 2 aromatic heterocycles. The second-order valence-corrected chi connectivity index (χ2v) is 2.61. The lowest BCUT2D eigenvalue weighted by atomic mass is 10.2. The number of ether oxygens (including phenoxy) is 1. The Bertz CT molecular complexity index is 524. The van der Waals surface area contributed by atoms with Crippen molar-refractivity contribution in [3.05, 3.63) is 17.8 Å². The van der Waals surface area contributed by atoms with Crippen molar-refractivity contribution in [2.24, 2.45) is 0 Å². The fourth-order valence-corrected chi connectivity index (χ4v) is 1.22. The van der Waals surface area contributed by atoms with Crippen molar-refractivity contribution in [1.82, 2.24) is 14.6 Å². The van der Waals surface area contributed by atoms with Crippen LogP contribution in [-0.4, -0.2) is 21.7 Å². The van der Waals surface area contributed by atoms with Gasteiger partial charge >= 0.3 is 0 Å². The Kier molecular flexibility index (Phi) is 1.71. The summed E-state index contributed by atoms with van der Waals surface area (Å²) in [4.78, 5) is 3.92. The molecule has 0 atom stereocenters. The Balaban J connectivity index is 2.84. The maximum Gasteiger partial charge on any atom is 0.240 e. The molecule has 14 heavy (non-hydrogen) atoms. The van der Waals surface area contributed by atoms with E-state index in [4.69, 9.17) is 15.7 Å². The van der Waals surface area contributed by atoms with Gasteiger partial charge in [-0.3, -0.25) is 0 Å². The van der Waals surface area contributed by atoms with Crippen molar-refractivity contribution in [2.45, 2.75) is 0 Å². The minimum absolute atomic E-state index is 0.134. The summed E-state index contributed by atoms with van der Waals surface area (Å²) < 4.78 is 6.45. The molecule has 2 aromatic rings. The van der Waals surface area contributed by atoms with Gasteiger partial charge in [0.1, 0.15) is 17.4 Å². The number of nitrogens with zero attached hydrogens (tertiary/aromatic N) is 4. The van der Waals surface area contributed by atoms with Crippen LogP contribution in [0.1, 0.15) is 5.56 Å². The molecule has 2 N–H and O–H groups in total. The van der Waals surface area contributed by atoms with Gasteiger partial charge < -0.3 is 10.5 Å². The number of nitriles is 1. The van der Waals surface area contributed by atoms with E-state index in [1.165, 1.54) is 11.6 Å². The normalized spacial score (nSPS) is 10.0. The van der Waals surface area contributed by atoms with Crippen LogP contribution in [0.3, 0.4) is 0 Å². The lowest BCUT2D eigenvalue weighted by Gasteiger charge is -2.01. The van der Waals surface area contributed by atoms with Gasteiger partial charge in [0.05, 0.1) is 7.11 Å². The van der Waals surface area contributed by atoms with E-state index in [9.17, 15) is 0 Å². The third kappa shape index (κ3) is 1.03. The average Bonchev–Trinajstić information content (AvgIpc) is 2.56. The highest BCUT2D eigenvalue weighted by atomic mass is 16.5. The number of aromatic nitrogens is 3. The number of nitrogens with two attached hydrogens (primary N) is 1. The monoisotopic (exact) mass is 189 g/mol. The lowest BCUT2D eigenvalue weighted by molar-refractivity contribution is 0.413. The standard InChI is InChI=1S/C8H7N5O/c1-14-6-2-3-13-7(5(6)4-9)11-8(10)12-13/h2-3H,1H3,(H2,10,12). The molecule has 0 saturated carbocycles. The topological polar surface area (TPSA) is 89.2 Å². The summed E-state index contributed by atoms with van der Waals surface area (Å²) in [5.74, 6) is 0.599. The summed E-state index contributed by atoms with van der Waals surface area (Å²) in [6.45, 7) is 0. The molecular weight excluding hydrogens is 182 g/mol. The van der Waals surface area contributed by atoms with Crippen LogP contribution < -0.4 is 10.5 Å². The zero-order chi connectivity index (χ0) is 10.1. The summed E-state index contributed by atoms with van der Waals surface area (Å²) in [6.07, 6.45) is 1.64. The Hall–Kier alpha value is -2.29. The van der Waals surface area contributed by atoms with Crippen LogP contribution >= 0.6 is 0 Å². The van der Waals surface area contributed by atoms with Gasteiger partial charge in [-0.15, -0.1) is 5.10 Å². The molecule has 0 fully saturated rings. The van der Waals surface area contributed by atoms with Crippen LogP contribution in [0.25, 0.3) is 5.65 Å². The number of fused-ring (bicyclic) bond motifs is 1. The van der Waals surface area contributed by atoms with Gasteiger partial charge in [-0.2, -0.15) is 10.2 Å². The molecule has 0 aliphatic heterocycles. The molecule has 0 aliphatic rings. The number of pyridine rings is 1. The third-order valence-corrected chi connectivity index (χ3v) is 1.82. The summed E-state index contributed by atoms with van der Waals surface area (Å²) in [7, 11) is 1.49. The first-order valence-corrected chi connectivity index (χ1v) is 3.85.